The minimum absolute atomic E-state index is 0.203. The van der Waals surface area contributed by atoms with Crippen molar-refractivity contribution in [3.8, 4) is 0 Å². The van der Waals surface area contributed by atoms with Gasteiger partial charge in [-0.15, -0.1) is 0 Å². The van der Waals surface area contributed by atoms with Crippen molar-refractivity contribution in [3.05, 3.63) is 35.8 Å². The van der Waals surface area contributed by atoms with Gasteiger partial charge in [0.15, 0.2) is 0 Å². The molecule has 108 valence electrons. The smallest absolute Gasteiger partial charge is 0.270 e. The number of carbonyl (C=O) groups is 1. The Bertz CT molecular complexity index is 628. The molecule has 1 heterocycles. The summed E-state index contributed by atoms with van der Waals surface area (Å²) in [5.74, 6) is -0.537. The van der Waals surface area contributed by atoms with Crippen LogP contribution >= 0.6 is 0 Å². The fourth-order valence-corrected chi connectivity index (χ4v) is 2.18. The van der Waals surface area contributed by atoms with E-state index in [1.807, 2.05) is 6.92 Å². The predicted octanol–water partition coefficient (Wildman–Crippen LogP) is 2.54. The number of rotatable bonds is 4. The van der Waals surface area contributed by atoms with Gasteiger partial charge >= 0.3 is 0 Å². The van der Waals surface area contributed by atoms with E-state index in [0.29, 0.717) is 23.1 Å². The summed E-state index contributed by atoms with van der Waals surface area (Å²) >= 11 is 0. The van der Waals surface area contributed by atoms with Crippen molar-refractivity contribution in [2.75, 3.05) is 13.1 Å². The summed E-state index contributed by atoms with van der Waals surface area (Å²) in [4.78, 5) is 16.9. The molecule has 4 nitrogen and oxygen atoms in total. The maximum atomic E-state index is 13.2. The molecule has 0 saturated carbocycles. The summed E-state index contributed by atoms with van der Waals surface area (Å²) in [6.07, 6.45) is 0. The third-order valence-electron chi connectivity index (χ3n) is 3.06. The number of amides is 1. The standard InChI is InChI=1S/C15H19FN2O2/c1-4-18(9-15(2,3)20)14(19)13-8-10-7-11(16)5-6-12(10)17-13/h5-8,17,20H,4,9H2,1-3H3. The SMILES string of the molecule is CCN(CC(C)(C)O)C(=O)c1cc2cc(F)ccc2[nH]1. The summed E-state index contributed by atoms with van der Waals surface area (Å²) in [6, 6.07) is 5.97. The van der Waals surface area contributed by atoms with Gasteiger partial charge in [0.05, 0.1) is 5.60 Å². The van der Waals surface area contributed by atoms with Gasteiger partial charge < -0.3 is 15.0 Å². The van der Waals surface area contributed by atoms with E-state index in [1.54, 1.807) is 30.9 Å². The van der Waals surface area contributed by atoms with E-state index in [4.69, 9.17) is 0 Å². The van der Waals surface area contributed by atoms with Crippen molar-refractivity contribution >= 4 is 16.8 Å². The number of aromatic nitrogens is 1. The first kappa shape index (κ1) is 14.5. The Morgan fingerprint density at radius 3 is 2.70 bits per heavy atom. The Labute approximate surface area is 117 Å². The van der Waals surface area contributed by atoms with Crippen LogP contribution in [0.15, 0.2) is 24.3 Å². The second-order valence-corrected chi connectivity index (χ2v) is 5.55. The molecular weight excluding hydrogens is 259 g/mol. The van der Waals surface area contributed by atoms with E-state index in [-0.39, 0.29) is 18.3 Å². The molecule has 0 radical (unpaired) electrons. The fourth-order valence-electron chi connectivity index (χ4n) is 2.18. The maximum absolute atomic E-state index is 13.2. The van der Waals surface area contributed by atoms with E-state index in [2.05, 4.69) is 4.98 Å². The van der Waals surface area contributed by atoms with E-state index >= 15 is 0 Å². The number of H-pyrrole nitrogens is 1. The molecule has 0 aliphatic rings. The number of aliphatic hydroxyl groups is 1. The summed E-state index contributed by atoms with van der Waals surface area (Å²) in [6.45, 7) is 5.90. The molecule has 0 atom stereocenters. The van der Waals surface area contributed by atoms with E-state index in [1.165, 1.54) is 12.1 Å². The Hall–Kier alpha value is -1.88. The van der Waals surface area contributed by atoms with Crippen LogP contribution in [0.3, 0.4) is 0 Å². The van der Waals surface area contributed by atoms with Crippen LogP contribution in [0.5, 0.6) is 0 Å². The monoisotopic (exact) mass is 278 g/mol. The molecule has 0 aliphatic heterocycles. The van der Waals surface area contributed by atoms with Gasteiger partial charge in [-0.2, -0.15) is 0 Å². The number of nitrogens with zero attached hydrogens (tertiary/aromatic N) is 1. The fraction of sp³-hybridized carbons (Fsp3) is 0.400. The molecule has 1 amide bonds. The summed E-state index contributed by atoms with van der Waals surface area (Å²) < 4.78 is 13.2. The third-order valence-corrected chi connectivity index (χ3v) is 3.06. The molecule has 1 aromatic carbocycles. The largest absolute Gasteiger partial charge is 0.389 e. The molecular formula is C15H19FN2O2. The number of hydrogen-bond donors (Lipinski definition) is 2. The van der Waals surface area contributed by atoms with Crippen LogP contribution in [0, 0.1) is 5.82 Å². The van der Waals surface area contributed by atoms with Gasteiger partial charge in [-0.3, -0.25) is 4.79 Å². The van der Waals surface area contributed by atoms with Crippen LogP contribution in [0.2, 0.25) is 0 Å². The number of aromatic amines is 1. The number of halogens is 1. The molecule has 0 aliphatic carbocycles. The van der Waals surface area contributed by atoms with Crippen LogP contribution in [-0.2, 0) is 0 Å². The van der Waals surface area contributed by atoms with Gasteiger partial charge in [0.1, 0.15) is 11.5 Å². The Balaban J connectivity index is 2.29. The Morgan fingerprint density at radius 2 is 2.10 bits per heavy atom. The molecule has 0 spiro atoms. The van der Waals surface area contributed by atoms with Crippen LogP contribution in [-0.4, -0.2) is 39.6 Å². The normalized spacial score (nSPS) is 11.8. The van der Waals surface area contributed by atoms with Crippen LogP contribution in [0.25, 0.3) is 10.9 Å². The zero-order chi connectivity index (χ0) is 14.9. The number of benzene rings is 1. The lowest BCUT2D eigenvalue weighted by Gasteiger charge is -2.27. The first-order valence-electron chi connectivity index (χ1n) is 6.60. The van der Waals surface area contributed by atoms with Crippen molar-refractivity contribution in [1.29, 1.82) is 0 Å². The predicted molar refractivity (Wildman–Crippen MR) is 76.1 cm³/mol. The van der Waals surface area contributed by atoms with Gasteiger partial charge in [-0.25, -0.2) is 4.39 Å². The zero-order valence-electron chi connectivity index (χ0n) is 11.9. The van der Waals surface area contributed by atoms with Gasteiger partial charge in [0, 0.05) is 24.0 Å². The molecule has 0 saturated heterocycles. The summed E-state index contributed by atoms with van der Waals surface area (Å²) in [7, 11) is 0. The molecule has 0 unspecified atom stereocenters. The zero-order valence-corrected chi connectivity index (χ0v) is 11.9. The molecule has 0 fully saturated rings. The summed E-state index contributed by atoms with van der Waals surface area (Å²) in [5, 5.41) is 10.5. The molecule has 20 heavy (non-hydrogen) atoms. The van der Waals surface area contributed by atoms with E-state index < -0.39 is 5.60 Å². The number of nitrogens with one attached hydrogen (secondary N) is 1. The highest BCUT2D eigenvalue weighted by molar-refractivity contribution is 5.98. The minimum Gasteiger partial charge on any atom is -0.389 e. The average Bonchev–Trinajstić information content (AvgIpc) is 2.76. The minimum atomic E-state index is -0.955. The molecule has 5 heteroatoms. The van der Waals surface area contributed by atoms with Crippen LogP contribution in [0.1, 0.15) is 31.3 Å². The highest BCUT2D eigenvalue weighted by Gasteiger charge is 2.23. The first-order chi connectivity index (χ1) is 9.30. The van der Waals surface area contributed by atoms with E-state index in [0.717, 1.165) is 0 Å². The van der Waals surface area contributed by atoms with Crippen LogP contribution in [0.4, 0.5) is 4.39 Å². The molecule has 1 aromatic heterocycles. The van der Waals surface area contributed by atoms with Crippen molar-refractivity contribution in [2.45, 2.75) is 26.4 Å². The number of hydrogen-bond acceptors (Lipinski definition) is 2. The first-order valence-corrected chi connectivity index (χ1v) is 6.60. The van der Waals surface area contributed by atoms with E-state index in [9.17, 15) is 14.3 Å². The Kier molecular flexibility index (Phi) is 3.81. The lowest BCUT2D eigenvalue weighted by Crippen LogP contribution is -2.42. The number of fused-ring (bicyclic) bond motifs is 1. The van der Waals surface area contributed by atoms with Gasteiger partial charge in [0.2, 0.25) is 0 Å². The second-order valence-electron chi connectivity index (χ2n) is 5.55. The maximum Gasteiger partial charge on any atom is 0.270 e. The van der Waals surface area contributed by atoms with Crippen molar-refractivity contribution in [1.82, 2.24) is 9.88 Å². The molecule has 0 bridgehead atoms. The van der Waals surface area contributed by atoms with Gasteiger partial charge in [-0.05, 0) is 45.0 Å². The van der Waals surface area contributed by atoms with Crippen molar-refractivity contribution in [3.63, 3.8) is 0 Å². The van der Waals surface area contributed by atoms with Crippen molar-refractivity contribution < 1.29 is 14.3 Å². The van der Waals surface area contributed by atoms with Gasteiger partial charge in [-0.1, -0.05) is 0 Å². The molecule has 2 aromatic rings. The molecule has 2 N–H and O–H groups in total. The highest BCUT2D eigenvalue weighted by Crippen LogP contribution is 2.18. The number of carbonyl (C=O) groups excluding carboxylic acids is 1. The van der Waals surface area contributed by atoms with Crippen LogP contribution < -0.4 is 0 Å². The lowest BCUT2D eigenvalue weighted by atomic mass is 10.1. The summed E-state index contributed by atoms with van der Waals surface area (Å²) in [5.41, 5.74) is 0.162. The average molecular weight is 278 g/mol. The topological polar surface area (TPSA) is 56.3 Å². The van der Waals surface area contributed by atoms with Crippen molar-refractivity contribution in [2.24, 2.45) is 0 Å². The quantitative estimate of drug-likeness (QED) is 0.903. The van der Waals surface area contributed by atoms with Gasteiger partial charge in [0.25, 0.3) is 5.91 Å². The third kappa shape index (κ3) is 3.17. The lowest BCUT2D eigenvalue weighted by molar-refractivity contribution is 0.0312. The Morgan fingerprint density at radius 1 is 1.40 bits per heavy atom. The second kappa shape index (κ2) is 5.25. The highest BCUT2D eigenvalue weighted by atomic mass is 19.1. The molecule has 2 rings (SSSR count). The number of likely N-dealkylation sites (N-methyl/N-ethyl adjacent to an activating group) is 1.